The molecule has 3 aliphatic rings. The lowest BCUT2D eigenvalue weighted by molar-refractivity contribution is -0.133. The van der Waals surface area contributed by atoms with Crippen molar-refractivity contribution in [1.29, 1.82) is 0 Å². The minimum Gasteiger partial charge on any atom is -0.374 e. The first-order valence-electron chi connectivity index (χ1n) is 7.91. The summed E-state index contributed by atoms with van der Waals surface area (Å²) in [5.74, 6) is -0.164. The van der Waals surface area contributed by atoms with Crippen molar-refractivity contribution in [3.63, 3.8) is 0 Å². The molecule has 3 saturated heterocycles. The van der Waals surface area contributed by atoms with Gasteiger partial charge < -0.3 is 19.1 Å². The Bertz CT molecular complexity index is 459. The number of carbonyl (C=O) groups is 2. The first kappa shape index (κ1) is 15.7. The molecule has 3 heterocycles. The van der Waals surface area contributed by atoms with E-state index in [4.69, 9.17) is 14.2 Å². The Morgan fingerprint density at radius 1 is 1.27 bits per heavy atom. The lowest BCUT2D eigenvalue weighted by Crippen LogP contribution is -2.46. The normalized spacial score (nSPS) is 30.9. The number of hydrogen-bond acceptors (Lipinski definition) is 5. The molecule has 0 aromatic heterocycles. The van der Waals surface area contributed by atoms with Crippen molar-refractivity contribution >= 4 is 11.9 Å². The SMILES string of the molecule is CCC(CN1C(=O)N(CC2CO2)C(C)(C)C1=O)OCC1CO1. The van der Waals surface area contributed by atoms with Gasteiger partial charge in [-0.05, 0) is 20.3 Å². The van der Waals surface area contributed by atoms with E-state index in [9.17, 15) is 9.59 Å². The molecule has 0 aliphatic carbocycles. The van der Waals surface area contributed by atoms with Crippen LogP contribution in [-0.4, -0.2) is 78.5 Å². The summed E-state index contributed by atoms with van der Waals surface area (Å²) in [5.41, 5.74) is -0.819. The number of rotatable bonds is 8. The Hall–Kier alpha value is -1.18. The maximum absolute atomic E-state index is 12.6. The molecule has 0 aromatic carbocycles. The highest BCUT2D eigenvalue weighted by atomic mass is 16.6. The van der Waals surface area contributed by atoms with E-state index in [0.29, 0.717) is 26.3 Å². The van der Waals surface area contributed by atoms with Crippen LogP contribution in [0.2, 0.25) is 0 Å². The number of urea groups is 1. The zero-order chi connectivity index (χ0) is 15.9. The van der Waals surface area contributed by atoms with Gasteiger partial charge in [-0.15, -0.1) is 0 Å². The first-order valence-corrected chi connectivity index (χ1v) is 7.91. The van der Waals surface area contributed by atoms with Crippen LogP contribution in [0, 0.1) is 0 Å². The molecule has 0 bridgehead atoms. The molecule has 3 fully saturated rings. The molecule has 3 rings (SSSR count). The lowest BCUT2D eigenvalue weighted by atomic mass is 10.0. The molecule has 7 heteroatoms. The van der Waals surface area contributed by atoms with Crippen LogP contribution < -0.4 is 0 Å². The summed E-state index contributed by atoms with van der Waals surface area (Å²) < 4.78 is 16.1. The third-order valence-electron chi connectivity index (χ3n) is 4.46. The smallest absolute Gasteiger partial charge is 0.327 e. The Kier molecular flexibility index (Phi) is 4.13. The van der Waals surface area contributed by atoms with E-state index in [1.54, 1.807) is 18.7 Å². The molecular formula is C15H24N2O5. The fourth-order valence-corrected chi connectivity index (χ4v) is 2.67. The third kappa shape index (κ3) is 3.11. The van der Waals surface area contributed by atoms with E-state index in [0.717, 1.165) is 13.0 Å². The molecule has 7 nitrogen and oxygen atoms in total. The van der Waals surface area contributed by atoms with Gasteiger partial charge in [0, 0.05) is 0 Å². The maximum Gasteiger partial charge on any atom is 0.327 e. The number of ether oxygens (including phenoxy) is 3. The molecule has 22 heavy (non-hydrogen) atoms. The number of epoxide rings is 2. The third-order valence-corrected chi connectivity index (χ3v) is 4.46. The van der Waals surface area contributed by atoms with E-state index in [1.165, 1.54) is 4.90 Å². The van der Waals surface area contributed by atoms with Gasteiger partial charge in [0.2, 0.25) is 0 Å². The minimum absolute atomic E-state index is 0.0706. The predicted octanol–water partition coefficient (Wildman–Crippen LogP) is 0.622. The van der Waals surface area contributed by atoms with Crippen LogP contribution in [0.15, 0.2) is 0 Å². The second-order valence-corrected chi connectivity index (χ2v) is 6.64. The summed E-state index contributed by atoms with van der Waals surface area (Å²) in [5, 5.41) is 0. The van der Waals surface area contributed by atoms with Crippen molar-refractivity contribution in [2.75, 3.05) is 32.9 Å². The van der Waals surface area contributed by atoms with E-state index < -0.39 is 5.54 Å². The highest BCUT2D eigenvalue weighted by molar-refractivity contribution is 6.06. The van der Waals surface area contributed by atoms with E-state index >= 15 is 0 Å². The Balaban J connectivity index is 1.63. The maximum atomic E-state index is 12.6. The molecule has 0 N–H and O–H groups in total. The van der Waals surface area contributed by atoms with Crippen molar-refractivity contribution < 1.29 is 23.8 Å². The molecule has 3 unspecified atom stereocenters. The lowest BCUT2D eigenvalue weighted by Gasteiger charge is -2.26. The van der Waals surface area contributed by atoms with Crippen LogP contribution in [0.3, 0.4) is 0 Å². The number of carbonyl (C=O) groups excluding carboxylic acids is 2. The quantitative estimate of drug-likeness (QED) is 0.485. The Morgan fingerprint density at radius 2 is 1.91 bits per heavy atom. The van der Waals surface area contributed by atoms with Crippen LogP contribution in [0.1, 0.15) is 27.2 Å². The van der Waals surface area contributed by atoms with Gasteiger partial charge in [0.1, 0.15) is 11.6 Å². The summed E-state index contributed by atoms with van der Waals surface area (Å²) in [7, 11) is 0. The summed E-state index contributed by atoms with van der Waals surface area (Å²) >= 11 is 0. The van der Waals surface area contributed by atoms with Crippen molar-refractivity contribution in [2.24, 2.45) is 0 Å². The van der Waals surface area contributed by atoms with E-state index in [2.05, 4.69) is 0 Å². The van der Waals surface area contributed by atoms with Crippen LogP contribution in [0.4, 0.5) is 4.79 Å². The zero-order valence-electron chi connectivity index (χ0n) is 13.4. The van der Waals surface area contributed by atoms with Gasteiger partial charge in [-0.25, -0.2) is 4.79 Å². The zero-order valence-corrected chi connectivity index (χ0v) is 13.4. The molecule has 3 aliphatic heterocycles. The number of hydrogen-bond donors (Lipinski definition) is 0. The summed E-state index contributed by atoms with van der Waals surface area (Å²) in [6, 6.07) is -0.241. The van der Waals surface area contributed by atoms with Gasteiger partial charge >= 0.3 is 6.03 Å². The molecule has 0 aromatic rings. The molecule has 124 valence electrons. The van der Waals surface area contributed by atoms with Crippen LogP contribution in [-0.2, 0) is 19.0 Å². The minimum atomic E-state index is -0.819. The monoisotopic (exact) mass is 312 g/mol. The van der Waals surface area contributed by atoms with Crippen molar-refractivity contribution in [3.05, 3.63) is 0 Å². The second-order valence-electron chi connectivity index (χ2n) is 6.64. The summed E-state index contributed by atoms with van der Waals surface area (Å²) in [4.78, 5) is 28.1. The van der Waals surface area contributed by atoms with Gasteiger partial charge in [-0.3, -0.25) is 9.69 Å². The number of amides is 3. The standard InChI is InChI=1S/C15H24N2O5/c1-4-10(20-8-12-9-22-12)5-16-13(18)15(2,3)17(14(16)19)6-11-7-21-11/h10-12H,4-9H2,1-3H3. The van der Waals surface area contributed by atoms with E-state index in [-0.39, 0.29) is 30.3 Å². The first-order chi connectivity index (χ1) is 10.4. The summed E-state index contributed by atoms with van der Waals surface area (Å²) in [6.45, 7) is 8.26. The number of nitrogens with zero attached hydrogens (tertiary/aromatic N) is 2. The van der Waals surface area contributed by atoms with Crippen LogP contribution >= 0.6 is 0 Å². The molecule has 0 saturated carbocycles. The van der Waals surface area contributed by atoms with Gasteiger partial charge in [-0.1, -0.05) is 6.92 Å². The fraction of sp³-hybridized carbons (Fsp3) is 0.867. The van der Waals surface area contributed by atoms with Crippen molar-refractivity contribution in [2.45, 2.75) is 51.0 Å². The molecular weight excluding hydrogens is 288 g/mol. The average Bonchev–Trinajstić information content (AvgIpc) is 3.36. The van der Waals surface area contributed by atoms with E-state index in [1.807, 2.05) is 6.92 Å². The molecule has 0 radical (unpaired) electrons. The largest absolute Gasteiger partial charge is 0.374 e. The topological polar surface area (TPSA) is 74.9 Å². The van der Waals surface area contributed by atoms with Gasteiger partial charge in [0.05, 0.1) is 45.1 Å². The summed E-state index contributed by atoms with van der Waals surface area (Å²) in [6.07, 6.45) is 0.848. The molecule has 3 atom stereocenters. The van der Waals surface area contributed by atoms with Crippen LogP contribution in [0.5, 0.6) is 0 Å². The van der Waals surface area contributed by atoms with Gasteiger partial charge in [0.25, 0.3) is 5.91 Å². The highest BCUT2D eigenvalue weighted by Crippen LogP contribution is 2.30. The predicted molar refractivity (Wildman–Crippen MR) is 77.4 cm³/mol. The Morgan fingerprint density at radius 3 is 2.45 bits per heavy atom. The van der Waals surface area contributed by atoms with Crippen molar-refractivity contribution in [1.82, 2.24) is 9.80 Å². The molecule has 0 spiro atoms. The average molecular weight is 312 g/mol. The van der Waals surface area contributed by atoms with Crippen LogP contribution in [0.25, 0.3) is 0 Å². The Labute approximate surface area is 130 Å². The molecule has 3 amide bonds. The van der Waals surface area contributed by atoms with Crippen molar-refractivity contribution in [3.8, 4) is 0 Å². The van der Waals surface area contributed by atoms with Gasteiger partial charge in [0.15, 0.2) is 0 Å². The fourth-order valence-electron chi connectivity index (χ4n) is 2.67. The highest BCUT2D eigenvalue weighted by Gasteiger charge is 2.52. The number of imide groups is 1. The van der Waals surface area contributed by atoms with Gasteiger partial charge in [-0.2, -0.15) is 0 Å². The second kappa shape index (κ2) is 5.79.